The molecule has 162 valence electrons. The van der Waals surface area contributed by atoms with Gasteiger partial charge in [0.15, 0.2) is 17.0 Å². The Labute approximate surface area is 179 Å². The molecule has 0 atom stereocenters. The molecule has 0 aliphatic heterocycles. The first kappa shape index (κ1) is 23.7. The van der Waals surface area contributed by atoms with Gasteiger partial charge in [-0.25, -0.2) is 9.78 Å². The highest BCUT2D eigenvalue weighted by Crippen LogP contribution is 2.39. The number of rotatable bonds is 6. The maximum Gasteiger partial charge on any atom is 0.434 e. The minimum Gasteiger partial charge on any atom is -0.445 e. The number of ether oxygens (including phenoxy) is 1. The number of carbonyl (C=O) groups excluding carboxylic acids is 2. The van der Waals surface area contributed by atoms with Crippen molar-refractivity contribution in [1.82, 2.24) is 20.1 Å². The molecule has 0 saturated carbocycles. The van der Waals surface area contributed by atoms with E-state index in [0.717, 1.165) is 7.05 Å². The van der Waals surface area contributed by atoms with E-state index in [-0.39, 0.29) is 23.0 Å². The third-order valence-corrected chi connectivity index (χ3v) is 4.50. The third-order valence-electron chi connectivity index (χ3n) is 3.84. The van der Waals surface area contributed by atoms with Crippen molar-refractivity contribution < 1.29 is 27.5 Å². The number of nitrogens with zero attached hydrogens (tertiary/aromatic N) is 3. The Kier molecular flexibility index (Phi) is 6.83. The Morgan fingerprint density at radius 3 is 2.47 bits per heavy atom. The summed E-state index contributed by atoms with van der Waals surface area (Å²) in [7, 11) is 1.08. The molecule has 0 aliphatic rings. The van der Waals surface area contributed by atoms with E-state index in [4.69, 9.17) is 27.9 Å². The highest BCUT2D eigenvalue weighted by atomic mass is 35.5. The van der Waals surface area contributed by atoms with Crippen molar-refractivity contribution in [2.45, 2.75) is 25.6 Å². The Bertz CT molecular complexity index is 1000. The monoisotopic (exact) mass is 464 g/mol. The van der Waals surface area contributed by atoms with Gasteiger partial charge < -0.3 is 10.1 Å². The van der Waals surface area contributed by atoms with Crippen LogP contribution in [0.4, 0.5) is 13.2 Å². The van der Waals surface area contributed by atoms with Gasteiger partial charge in [-0.05, 0) is 26.0 Å². The van der Waals surface area contributed by atoms with Crippen LogP contribution >= 0.6 is 23.2 Å². The lowest BCUT2D eigenvalue weighted by Gasteiger charge is -2.23. The molecule has 2 aromatic rings. The number of aryl methyl sites for hydroxylation is 1. The molecule has 2 aromatic heterocycles. The summed E-state index contributed by atoms with van der Waals surface area (Å²) in [6.45, 7) is 6.33. The molecule has 7 nitrogen and oxygen atoms in total. The van der Waals surface area contributed by atoms with E-state index in [9.17, 15) is 22.8 Å². The second-order valence-electron chi connectivity index (χ2n) is 6.56. The van der Waals surface area contributed by atoms with Gasteiger partial charge in [-0.1, -0.05) is 29.3 Å². The van der Waals surface area contributed by atoms with Crippen LogP contribution in [-0.4, -0.2) is 38.8 Å². The third kappa shape index (κ3) is 4.93. The summed E-state index contributed by atoms with van der Waals surface area (Å²) in [5.41, 5.74) is -3.57. The van der Waals surface area contributed by atoms with E-state index in [1.54, 1.807) is 0 Å². The molecule has 30 heavy (non-hydrogen) atoms. The summed E-state index contributed by atoms with van der Waals surface area (Å²) in [6, 6.07) is 2.50. The van der Waals surface area contributed by atoms with Crippen LogP contribution in [0, 0.1) is 0 Å². The van der Waals surface area contributed by atoms with Crippen molar-refractivity contribution in [3.63, 3.8) is 0 Å². The molecule has 0 aliphatic carbocycles. The molecule has 12 heteroatoms. The SMILES string of the molecule is C=CCNC(=O)C(C)(C)OC(=O)c1nc(-c2nn(C)c(C(F)(F)F)c2Cl)ccc1Cl. The normalized spacial score (nSPS) is 11.9. The lowest BCUT2D eigenvalue weighted by Crippen LogP contribution is -2.45. The standard InChI is InChI=1S/C18H17Cl2F3N4O3/c1-5-8-24-16(29)17(2,3)30-15(28)12-9(19)6-7-10(25-12)13-11(20)14(18(21,22)23)27(4)26-13/h5-7H,1,8H2,2-4H3,(H,24,29). The van der Waals surface area contributed by atoms with Gasteiger partial charge in [-0.3, -0.25) is 9.48 Å². The summed E-state index contributed by atoms with van der Waals surface area (Å²) >= 11 is 11.9. The fourth-order valence-electron chi connectivity index (χ4n) is 2.39. The number of carbonyl (C=O) groups is 2. The number of alkyl halides is 3. The smallest absolute Gasteiger partial charge is 0.434 e. The number of esters is 1. The van der Waals surface area contributed by atoms with Gasteiger partial charge in [0.1, 0.15) is 10.7 Å². The number of hydrogen-bond acceptors (Lipinski definition) is 5. The second-order valence-corrected chi connectivity index (χ2v) is 7.34. The minimum absolute atomic E-state index is 0.128. The van der Waals surface area contributed by atoms with E-state index in [1.807, 2.05) is 0 Å². The molecule has 0 aromatic carbocycles. The fraction of sp³-hybridized carbons (Fsp3) is 0.333. The zero-order chi connectivity index (χ0) is 22.9. The summed E-state index contributed by atoms with van der Waals surface area (Å²) in [5, 5.41) is 5.43. The minimum atomic E-state index is -4.74. The Morgan fingerprint density at radius 2 is 1.93 bits per heavy atom. The number of pyridine rings is 1. The first-order valence-corrected chi connectivity index (χ1v) is 9.14. The van der Waals surface area contributed by atoms with Gasteiger partial charge in [0, 0.05) is 13.6 Å². The van der Waals surface area contributed by atoms with Gasteiger partial charge in [-0.15, -0.1) is 6.58 Å². The van der Waals surface area contributed by atoms with E-state index in [1.165, 1.54) is 32.1 Å². The zero-order valence-electron chi connectivity index (χ0n) is 16.1. The van der Waals surface area contributed by atoms with Crippen molar-refractivity contribution in [2.75, 3.05) is 6.54 Å². The molecule has 2 heterocycles. The first-order chi connectivity index (χ1) is 13.8. The van der Waals surface area contributed by atoms with Gasteiger partial charge in [0.2, 0.25) is 0 Å². The molecule has 1 amide bonds. The predicted octanol–water partition coefficient (Wildman–Crippen LogP) is 4.05. The Hall–Kier alpha value is -2.59. The molecule has 2 rings (SSSR count). The summed E-state index contributed by atoms with van der Waals surface area (Å²) in [4.78, 5) is 28.6. The summed E-state index contributed by atoms with van der Waals surface area (Å²) in [6.07, 6.45) is -3.29. The number of nitrogens with one attached hydrogen (secondary N) is 1. The van der Waals surface area contributed by atoms with Crippen LogP contribution in [0.2, 0.25) is 10.0 Å². The van der Waals surface area contributed by atoms with Gasteiger partial charge in [0.05, 0.1) is 10.7 Å². The van der Waals surface area contributed by atoms with E-state index in [2.05, 4.69) is 22.0 Å². The molecule has 0 spiro atoms. The maximum absolute atomic E-state index is 13.2. The number of amides is 1. The number of aromatic nitrogens is 3. The summed E-state index contributed by atoms with van der Waals surface area (Å²) < 4.78 is 45.2. The van der Waals surface area contributed by atoms with Gasteiger partial charge in [-0.2, -0.15) is 18.3 Å². The van der Waals surface area contributed by atoms with Crippen LogP contribution in [0.15, 0.2) is 24.8 Å². The second kappa shape index (κ2) is 8.65. The highest BCUT2D eigenvalue weighted by molar-refractivity contribution is 6.34. The number of hydrogen-bond donors (Lipinski definition) is 1. The van der Waals surface area contributed by atoms with Crippen molar-refractivity contribution in [3.8, 4) is 11.4 Å². The van der Waals surface area contributed by atoms with Crippen molar-refractivity contribution in [1.29, 1.82) is 0 Å². The van der Waals surface area contributed by atoms with Crippen LogP contribution in [0.1, 0.15) is 30.0 Å². The van der Waals surface area contributed by atoms with Gasteiger partial charge >= 0.3 is 12.1 Å². The molecular formula is C18H17Cl2F3N4O3. The topological polar surface area (TPSA) is 86.1 Å². The van der Waals surface area contributed by atoms with Gasteiger partial charge in [0.25, 0.3) is 5.91 Å². The predicted molar refractivity (Wildman–Crippen MR) is 104 cm³/mol. The Morgan fingerprint density at radius 1 is 1.30 bits per heavy atom. The molecule has 0 saturated heterocycles. The fourth-order valence-corrected chi connectivity index (χ4v) is 2.94. The van der Waals surface area contributed by atoms with Crippen LogP contribution in [0.3, 0.4) is 0 Å². The molecule has 0 unspecified atom stereocenters. The van der Waals surface area contributed by atoms with Crippen LogP contribution < -0.4 is 5.32 Å². The van der Waals surface area contributed by atoms with E-state index >= 15 is 0 Å². The van der Waals surface area contributed by atoms with Crippen molar-refractivity contribution in [2.24, 2.45) is 7.05 Å². The zero-order valence-corrected chi connectivity index (χ0v) is 17.6. The molecule has 1 N–H and O–H groups in total. The largest absolute Gasteiger partial charge is 0.445 e. The van der Waals surface area contributed by atoms with Crippen LogP contribution in [0.5, 0.6) is 0 Å². The average molecular weight is 465 g/mol. The first-order valence-electron chi connectivity index (χ1n) is 8.38. The maximum atomic E-state index is 13.2. The summed E-state index contributed by atoms with van der Waals surface area (Å²) in [5.74, 6) is -1.64. The van der Waals surface area contributed by atoms with Crippen molar-refractivity contribution in [3.05, 3.63) is 46.2 Å². The molecule has 0 radical (unpaired) electrons. The van der Waals surface area contributed by atoms with Crippen molar-refractivity contribution >= 4 is 35.1 Å². The van der Waals surface area contributed by atoms with Crippen LogP contribution in [-0.2, 0) is 22.8 Å². The molecular weight excluding hydrogens is 448 g/mol. The Balaban J connectivity index is 2.40. The molecule has 0 fully saturated rings. The lowest BCUT2D eigenvalue weighted by atomic mass is 10.1. The number of halogens is 5. The van der Waals surface area contributed by atoms with Crippen LogP contribution in [0.25, 0.3) is 11.4 Å². The van der Waals surface area contributed by atoms with E-state index < -0.39 is 40.1 Å². The van der Waals surface area contributed by atoms with E-state index in [0.29, 0.717) is 4.68 Å². The quantitative estimate of drug-likeness (QED) is 0.514. The average Bonchev–Trinajstić information content (AvgIpc) is 2.93. The lowest BCUT2D eigenvalue weighted by molar-refractivity contribution is -0.143. The highest BCUT2D eigenvalue weighted by Gasteiger charge is 2.39. The molecule has 0 bridgehead atoms.